The van der Waals surface area contributed by atoms with Crippen LogP contribution >= 0.6 is 0 Å². The highest BCUT2D eigenvalue weighted by Gasteiger charge is 2.05. The normalized spacial score (nSPS) is 11.9. The highest BCUT2D eigenvalue weighted by molar-refractivity contribution is 7.87. The monoisotopic (exact) mass is 239 g/mol. The van der Waals surface area contributed by atoms with Gasteiger partial charge in [0.1, 0.15) is 0 Å². The van der Waals surface area contributed by atoms with Crippen LogP contribution < -0.4 is 14.8 Å². The Balaban J connectivity index is 3.41. The van der Waals surface area contributed by atoms with Gasteiger partial charge in [0.2, 0.25) is 0 Å². The van der Waals surface area contributed by atoms with Crippen LogP contribution in [0.1, 0.15) is 13.3 Å². The maximum Gasteiger partial charge on any atom is 0.276 e. The minimum Gasteiger partial charge on any atom is -0.383 e. The Morgan fingerprint density at radius 1 is 1.07 bits per heavy atom. The molecule has 0 saturated carbocycles. The molecule has 0 rings (SSSR count). The smallest absolute Gasteiger partial charge is 0.276 e. The van der Waals surface area contributed by atoms with E-state index in [1.54, 1.807) is 7.11 Å². The Morgan fingerprint density at radius 2 is 1.73 bits per heavy atom. The van der Waals surface area contributed by atoms with E-state index in [0.29, 0.717) is 26.2 Å². The molecule has 0 aliphatic carbocycles. The second kappa shape index (κ2) is 9.05. The molecule has 3 N–H and O–H groups in total. The highest BCUT2D eigenvalue weighted by atomic mass is 32.2. The van der Waals surface area contributed by atoms with Crippen LogP contribution in [0.5, 0.6) is 0 Å². The first-order valence-electron chi connectivity index (χ1n) is 5.06. The van der Waals surface area contributed by atoms with Crippen molar-refractivity contribution in [2.24, 2.45) is 0 Å². The third-order valence-corrected chi connectivity index (χ3v) is 2.79. The summed E-state index contributed by atoms with van der Waals surface area (Å²) in [6.07, 6.45) is 0.785. The Kier molecular flexibility index (Phi) is 8.92. The van der Waals surface area contributed by atoms with Gasteiger partial charge in [0.15, 0.2) is 0 Å². The van der Waals surface area contributed by atoms with Crippen molar-refractivity contribution in [2.75, 3.05) is 39.9 Å². The Hall–Kier alpha value is -0.210. The standard InChI is InChI=1S/C8H21N3O3S/c1-3-4-10-15(12,13)11-6-5-9-7-8-14-2/h9-11H,3-8H2,1-2H3. The molecule has 0 aromatic heterocycles. The molecule has 7 heteroatoms. The van der Waals surface area contributed by atoms with Crippen LogP contribution in [0.15, 0.2) is 0 Å². The second-order valence-electron chi connectivity index (χ2n) is 3.03. The zero-order chi connectivity index (χ0) is 11.6. The van der Waals surface area contributed by atoms with Gasteiger partial charge in [-0.2, -0.15) is 8.42 Å². The van der Waals surface area contributed by atoms with E-state index in [9.17, 15) is 8.42 Å². The van der Waals surface area contributed by atoms with E-state index >= 15 is 0 Å². The molecule has 0 fully saturated rings. The van der Waals surface area contributed by atoms with Crippen LogP contribution in [0.25, 0.3) is 0 Å². The van der Waals surface area contributed by atoms with Crippen molar-refractivity contribution >= 4 is 10.2 Å². The van der Waals surface area contributed by atoms with Gasteiger partial charge in [0.25, 0.3) is 10.2 Å². The van der Waals surface area contributed by atoms with Gasteiger partial charge < -0.3 is 10.1 Å². The lowest BCUT2D eigenvalue weighted by Gasteiger charge is -2.07. The summed E-state index contributed by atoms with van der Waals surface area (Å²) in [4.78, 5) is 0. The van der Waals surface area contributed by atoms with Gasteiger partial charge in [-0.3, -0.25) is 0 Å². The largest absolute Gasteiger partial charge is 0.383 e. The summed E-state index contributed by atoms with van der Waals surface area (Å²) in [6.45, 7) is 4.70. The van der Waals surface area contributed by atoms with Crippen molar-refractivity contribution in [3.05, 3.63) is 0 Å². The fourth-order valence-electron chi connectivity index (χ4n) is 0.860. The molecule has 6 nitrogen and oxygen atoms in total. The first-order chi connectivity index (χ1) is 7.12. The lowest BCUT2D eigenvalue weighted by atomic mass is 10.5. The maximum atomic E-state index is 11.2. The third kappa shape index (κ3) is 10.1. The number of ether oxygens (including phenoxy) is 1. The predicted molar refractivity (Wildman–Crippen MR) is 60.0 cm³/mol. The summed E-state index contributed by atoms with van der Waals surface area (Å²) in [7, 11) is -1.68. The quantitative estimate of drug-likeness (QED) is 0.430. The van der Waals surface area contributed by atoms with Gasteiger partial charge >= 0.3 is 0 Å². The van der Waals surface area contributed by atoms with Crippen molar-refractivity contribution in [1.29, 1.82) is 0 Å². The van der Waals surface area contributed by atoms with E-state index in [-0.39, 0.29) is 0 Å². The summed E-state index contributed by atoms with van der Waals surface area (Å²) in [5.41, 5.74) is 0. The molecule has 0 aromatic rings. The molecule has 0 amide bonds. The number of nitrogens with one attached hydrogen (secondary N) is 3. The molecule has 0 heterocycles. The first kappa shape index (κ1) is 14.8. The molecule has 0 aromatic carbocycles. The zero-order valence-electron chi connectivity index (χ0n) is 9.38. The molecule has 0 aliphatic rings. The van der Waals surface area contributed by atoms with Crippen molar-refractivity contribution in [1.82, 2.24) is 14.8 Å². The van der Waals surface area contributed by atoms with E-state index in [1.165, 1.54) is 0 Å². The van der Waals surface area contributed by atoms with E-state index in [1.807, 2.05) is 6.92 Å². The molecule has 0 unspecified atom stereocenters. The average molecular weight is 239 g/mol. The Morgan fingerprint density at radius 3 is 2.33 bits per heavy atom. The van der Waals surface area contributed by atoms with E-state index in [2.05, 4.69) is 14.8 Å². The number of hydrogen-bond donors (Lipinski definition) is 3. The third-order valence-electron chi connectivity index (χ3n) is 1.62. The predicted octanol–water partition coefficient (Wildman–Crippen LogP) is -0.944. The zero-order valence-corrected chi connectivity index (χ0v) is 10.2. The number of hydrogen-bond acceptors (Lipinski definition) is 4. The molecule has 92 valence electrons. The van der Waals surface area contributed by atoms with Crippen LogP contribution in [0.4, 0.5) is 0 Å². The van der Waals surface area contributed by atoms with Crippen LogP contribution in [0, 0.1) is 0 Å². The van der Waals surface area contributed by atoms with Crippen LogP contribution in [0.3, 0.4) is 0 Å². The van der Waals surface area contributed by atoms with E-state index < -0.39 is 10.2 Å². The fourth-order valence-corrected chi connectivity index (χ4v) is 1.81. The SMILES string of the molecule is CCCNS(=O)(=O)NCCNCCOC. The first-order valence-corrected chi connectivity index (χ1v) is 6.54. The molecular weight excluding hydrogens is 218 g/mol. The van der Waals surface area contributed by atoms with Crippen molar-refractivity contribution in [3.63, 3.8) is 0 Å². The molecule has 0 saturated heterocycles. The minimum atomic E-state index is -3.31. The molecule has 0 radical (unpaired) electrons. The highest BCUT2D eigenvalue weighted by Crippen LogP contribution is 1.77. The van der Waals surface area contributed by atoms with Gasteiger partial charge in [0.05, 0.1) is 6.61 Å². The van der Waals surface area contributed by atoms with Gasteiger partial charge in [-0.1, -0.05) is 6.92 Å². The summed E-state index contributed by atoms with van der Waals surface area (Å²) in [5, 5.41) is 3.04. The van der Waals surface area contributed by atoms with E-state index in [0.717, 1.165) is 13.0 Å². The summed E-state index contributed by atoms with van der Waals surface area (Å²) < 4.78 is 32.1. The van der Waals surface area contributed by atoms with Crippen molar-refractivity contribution in [2.45, 2.75) is 13.3 Å². The van der Waals surface area contributed by atoms with E-state index in [4.69, 9.17) is 4.74 Å². The Labute approximate surface area is 92.0 Å². The topological polar surface area (TPSA) is 79.5 Å². The van der Waals surface area contributed by atoms with Crippen LogP contribution in [0.2, 0.25) is 0 Å². The fraction of sp³-hybridized carbons (Fsp3) is 1.00. The van der Waals surface area contributed by atoms with Crippen molar-refractivity contribution < 1.29 is 13.2 Å². The maximum absolute atomic E-state index is 11.2. The minimum absolute atomic E-state index is 0.378. The lowest BCUT2D eigenvalue weighted by Crippen LogP contribution is -2.40. The summed E-state index contributed by atoms with van der Waals surface area (Å²) in [5.74, 6) is 0. The molecular formula is C8H21N3O3S. The van der Waals surface area contributed by atoms with Crippen LogP contribution in [-0.4, -0.2) is 48.3 Å². The van der Waals surface area contributed by atoms with Crippen molar-refractivity contribution in [3.8, 4) is 0 Å². The van der Waals surface area contributed by atoms with Gasteiger partial charge in [-0.25, -0.2) is 9.44 Å². The molecule has 0 atom stereocenters. The summed E-state index contributed by atoms with van der Waals surface area (Å²) >= 11 is 0. The molecule has 0 bridgehead atoms. The number of methoxy groups -OCH3 is 1. The number of rotatable bonds is 10. The van der Waals surface area contributed by atoms with Crippen LogP contribution in [-0.2, 0) is 14.9 Å². The second-order valence-corrected chi connectivity index (χ2v) is 4.62. The Bertz CT molecular complexity index is 231. The molecule has 0 spiro atoms. The summed E-state index contributed by atoms with van der Waals surface area (Å²) in [6, 6.07) is 0. The molecule has 15 heavy (non-hydrogen) atoms. The lowest BCUT2D eigenvalue weighted by molar-refractivity contribution is 0.199. The van der Waals surface area contributed by atoms with Gasteiger partial charge in [-0.05, 0) is 6.42 Å². The van der Waals surface area contributed by atoms with Gasteiger partial charge in [-0.15, -0.1) is 0 Å². The molecule has 0 aliphatic heterocycles. The van der Waals surface area contributed by atoms with Gasteiger partial charge in [0, 0.05) is 33.3 Å². The average Bonchev–Trinajstić information content (AvgIpc) is 2.20.